The summed E-state index contributed by atoms with van der Waals surface area (Å²) in [6.07, 6.45) is 0.850. The summed E-state index contributed by atoms with van der Waals surface area (Å²) in [6, 6.07) is 3.84. The lowest BCUT2D eigenvalue weighted by Gasteiger charge is -2.31. The zero-order valence-corrected chi connectivity index (χ0v) is 17.7. The summed E-state index contributed by atoms with van der Waals surface area (Å²) < 4.78 is 67.2. The predicted molar refractivity (Wildman–Crippen MR) is 105 cm³/mol. The van der Waals surface area contributed by atoms with Gasteiger partial charge in [0.05, 0.1) is 11.0 Å². The Balaban J connectivity index is 1.45. The van der Waals surface area contributed by atoms with E-state index in [-0.39, 0.29) is 30.1 Å². The number of benzene rings is 1. The molecule has 1 aliphatic heterocycles. The lowest BCUT2D eigenvalue weighted by atomic mass is 9.96. The zero-order chi connectivity index (χ0) is 22.5. The van der Waals surface area contributed by atoms with Gasteiger partial charge >= 0.3 is 12.4 Å². The van der Waals surface area contributed by atoms with Gasteiger partial charge in [0.2, 0.25) is 10.0 Å². The van der Waals surface area contributed by atoms with Crippen LogP contribution in [-0.2, 0) is 14.9 Å². The second-order valence-corrected chi connectivity index (χ2v) is 9.59. The van der Waals surface area contributed by atoms with E-state index >= 15 is 0 Å². The molecule has 2 N–H and O–H groups in total. The molecule has 2 fully saturated rings. The summed E-state index contributed by atoms with van der Waals surface area (Å²) in [6.45, 7) is 0.333. The van der Waals surface area contributed by atoms with Gasteiger partial charge in [0.15, 0.2) is 0 Å². The molecular formula is C19H26F3N3O5S. The number of urea groups is 1. The number of alkyl halides is 3. The second-order valence-electron chi connectivity index (χ2n) is 7.65. The van der Waals surface area contributed by atoms with Gasteiger partial charge in [0, 0.05) is 19.1 Å². The van der Waals surface area contributed by atoms with Crippen LogP contribution in [0, 0.1) is 0 Å². The Morgan fingerprint density at radius 1 is 1.00 bits per heavy atom. The molecule has 2 amide bonds. The maximum atomic E-state index is 12.7. The van der Waals surface area contributed by atoms with Crippen molar-refractivity contribution in [3.63, 3.8) is 0 Å². The molecule has 1 aromatic rings. The van der Waals surface area contributed by atoms with Crippen LogP contribution < -0.4 is 15.5 Å². The summed E-state index contributed by atoms with van der Waals surface area (Å²) in [7, 11) is -3.86. The van der Waals surface area contributed by atoms with Crippen molar-refractivity contribution in [1.29, 1.82) is 0 Å². The minimum atomic E-state index is -4.84. The van der Waals surface area contributed by atoms with Crippen LogP contribution in [0.4, 0.5) is 18.0 Å². The molecule has 1 heterocycles. The number of ether oxygens (including phenoxy) is 1. The number of carbonyl (C=O) groups excluding carboxylic acids is 1. The number of hydroxylamine groups is 1. The van der Waals surface area contributed by atoms with Crippen molar-refractivity contribution in [1.82, 2.24) is 15.1 Å². The van der Waals surface area contributed by atoms with Crippen LogP contribution in [0.2, 0.25) is 0 Å². The molecule has 174 valence electrons. The third-order valence-electron chi connectivity index (χ3n) is 5.35. The zero-order valence-electron chi connectivity index (χ0n) is 16.9. The molecule has 0 radical (unpaired) electrons. The smallest absolute Gasteiger partial charge is 0.406 e. The van der Waals surface area contributed by atoms with Gasteiger partial charge in [0.1, 0.15) is 5.75 Å². The van der Waals surface area contributed by atoms with Crippen LogP contribution in [0.1, 0.15) is 44.9 Å². The topological polar surface area (TPSA) is 97.0 Å². The molecule has 0 unspecified atom stereocenters. The molecule has 31 heavy (non-hydrogen) atoms. The van der Waals surface area contributed by atoms with Crippen LogP contribution in [0.3, 0.4) is 0 Å². The molecule has 0 spiro atoms. The molecule has 12 heteroatoms. The predicted octanol–water partition coefficient (Wildman–Crippen LogP) is 3.30. The number of hydrogen-bond donors (Lipinski definition) is 2. The van der Waals surface area contributed by atoms with Gasteiger partial charge < -0.3 is 10.1 Å². The highest BCUT2D eigenvalue weighted by Crippen LogP contribution is 2.26. The Bertz CT molecular complexity index is 834. The Kier molecular flexibility index (Phi) is 7.65. The van der Waals surface area contributed by atoms with Crippen molar-refractivity contribution in [2.45, 2.75) is 68.3 Å². The van der Waals surface area contributed by atoms with Crippen molar-refractivity contribution < 1.29 is 36.0 Å². The number of hydrogen-bond acceptors (Lipinski definition) is 5. The standard InChI is InChI=1S/C19H26F3N3O5S/c20-19(21,22)29-15-6-8-17(9-7-15)31(27,28)25-12-10-16(11-13-25)30-24-18(26)23-14-4-2-1-3-5-14/h6-9,14,16H,1-5,10-13H2,(H2,23,24,26). The van der Waals surface area contributed by atoms with E-state index in [0.29, 0.717) is 12.8 Å². The minimum absolute atomic E-state index is 0.119. The first kappa shape index (κ1) is 23.6. The number of rotatable bonds is 6. The van der Waals surface area contributed by atoms with Crippen LogP contribution in [0.5, 0.6) is 5.75 Å². The maximum absolute atomic E-state index is 12.7. The second kappa shape index (κ2) is 10.0. The molecule has 1 aliphatic carbocycles. The SMILES string of the molecule is O=C(NOC1CCN(S(=O)(=O)c2ccc(OC(F)(F)F)cc2)CC1)NC1CCCCC1. The van der Waals surface area contributed by atoms with Crippen LogP contribution in [0.15, 0.2) is 29.2 Å². The van der Waals surface area contributed by atoms with Crippen LogP contribution in [-0.4, -0.2) is 50.4 Å². The number of nitrogens with zero attached hydrogens (tertiary/aromatic N) is 1. The maximum Gasteiger partial charge on any atom is 0.573 e. The first-order chi connectivity index (χ1) is 14.6. The van der Waals surface area contributed by atoms with Gasteiger partial charge in [-0.25, -0.2) is 18.7 Å². The number of carbonyl (C=O) groups is 1. The fourth-order valence-corrected chi connectivity index (χ4v) is 5.22. The van der Waals surface area contributed by atoms with E-state index in [1.54, 1.807) is 0 Å². The molecule has 8 nitrogen and oxygen atoms in total. The van der Waals surface area contributed by atoms with Gasteiger partial charge in [0.25, 0.3) is 0 Å². The van der Waals surface area contributed by atoms with Crippen molar-refractivity contribution in [2.24, 2.45) is 0 Å². The lowest BCUT2D eigenvalue weighted by Crippen LogP contribution is -2.46. The Morgan fingerprint density at radius 3 is 2.19 bits per heavy atom. The van der Waals surface area contributed by atoms with Gasteiger partial charge in [-0.3, -0.25) is 4.84 Å². The molecule has 3 rings (SSSR count). The van der Waals surface area contributed by atoms with E-state index in [4.69, 9.17) is 4.84 Å². The normalized spacial score (nSPS) is 19.7. The number of amides is 2. The Labute approximate surface area is 179 Å². The first-order valence-corrected chi connectivity index (χ1v) is 11.7. The summed E-state index contributed by atoms with van der Waals surface area (Å²) in [5, 5.41) is 2.87. The van der Waals surface area contributed by atoms with Crippen molar-refractivity contribution in [3.05, 3.63) is 24.3 Å². The average molecular weight is 465 g/mol. The van der Waals surface area contributed by atoms with E-state index in [0.717, 1.165) is 49.9 Å². The van der Waals surface area contributed by atoms with E-state index in [9.17, 15) is 26.4 Å². The number of sulfonamides is 1. The summed E-state index contributed by atoms with van der Waals surface area (Å²) in [5.74, 6) is -0.490. The molecule has 2 aliphatic rings. The van der Waals surface area contributed by atoms with Crippen LogP contribution >= 0.6 is 0 Å². The third-order valence-corrected chi connectivity index (χ3v) is 7.27. The van der Waals surface area contributed by atoms with E-state index in [1.165, 1.54) is 10.7 Å². The average Bonchev–Trinajstić information content (AvgIpc) is 2.72. The number of nitrogens with one attached hydrogen (secondary N) is 2. The quantitative estimate of drug-likeness (QED) is 0.629. The lowest BCUT2D eigenvalue weighted by molar-refractivity contribution is -0.274. The molecule has 0 bridgehead atoms. The molecule has 1 saturated carbocycles. The Morgan fingerprint density at radius 2 is 1.61 bits per heavy atom. The van der Waals surface area contributed by atoms with Crippen molar-refractivity contribution in [3.8, 4) is 5.75 Å². The van der Waals surface area contributed by atoms with Crippen molar-refractivity contribution >= 4 is 16.1 Å². The summed E-state index contributed by atoms with van der Waals surface area (Å²) >= 11 is 0. The molecule has 1 saturated heterocycles. The monoisotopic (exact) mass is 465 g/mol. The molecule has 0 aromatic heterocycles. The number of piperidine rings is 1. The van der Waals surface area contributed by atoms with Gasteiger partial charge in [-0.15, -0.1) is 13.2 Å². The molecular weight excluding hydrogens is 439 g/mol. The summed E-state index contributed by atoms with van der Waals surface area (Å²) in [5.41, 5.74) is 2.39. The highest BCUT2D eigenvalue weighted by atomic mass is 32.2. The highest BCUT2D eigenvalue weighted by Gasteiger charge is 2.32. The summed E-state index contributed by atoms with van der Waals surface area (Å²) in [4.78, 5) is 17.2. The third kappa shape index (κ3) is 6.97. The van der Waals surface area contributed by atoms with E-state index in [2.05, 4.69) is 15.5 Å². The number of halogens is 3. The van der Waals surface area contributed by atoms with Gasteiger partial charge in [-0.05, 0) is 49.9 Å². The molecule has 0 atom stereocenters. The minimum Gasteiger partial charge on any atom is -0.406 e. The Hall–Kier alpha value is -2.05. The fourth-order valence-electron chi connectivity index (χ4n) is 3.75. The van der Waals surface area contributed by atoms with Gasteiger partial charge in [-0.1, -0.05) is 19.3 Å². The van der Waals surface area contributed by atoms with Crippen LogP contribution in [0.25, 0.3) is 0 Å². The highest BCUT2D eigenvalue weighted by molar-refractivity contribution is 7.89. The molecule has 1 aromatic carbocycles. The van der Waals surface area contributed by atoms with Gasteiger partial charge in [-0.2, -0.15) is 4.31 Å². The first-order valence-electron chi connectivity index (χ1n) is 10.2. The van der Waals surface area contributed by atoms with E-state index < -0.39 is 28.2 Å². The fraction of sp³-hybridized carbons (Fsp3) is 0.632. The van der Waals surface area contributed by atoms with E-state index in [1.807, 2.05) is 0 Å². The largest absolute Gasteiger partial charge is 0.573 e. The van der Waals surface area contributed by atoms with Crippen molar-refractivity contribution in [2.75, 3.05) is 13.1 Å².